The summed E-state index contributed by atoms with van der Waals surface area (Å²) in [5, 5.41) is 2.06. The maximum Gasteiger partial charge on any atom is 0.0746 e. The van der Waals surface area contributed by atoms with E-state index < -0.39 is 0 Å². The van der Waals surface area contributed by atoms with Crippen LogP contribution in [0.15, 0.2) is 60.8 Å². The number of piperidine rings is 1. The normalized spacial score (nSPS) is 21.2. The Morgan fingerprint density at radius 2 is 1.77 bits per heavy atom. The Balaban J connectivity index is 1.21. The van der Waals surface area contributed by atoms with Crippen LogP contribution in [0.1, 0.15) is 18.4 Å². The lowest BCUT2D eigenvalue weighted by Crippen LogP contribution is -2.55. The Labute approximate surface area is 184 Å². The number of likely N-dealkylation sites (tertiary alicyclic amines) is 1. The molecule has 2 aromatic carbocycles. The molecule has 5 rings (SSSR count). The lowest BCUT2D eigenvalue weighted by Gasteiger charge is -2.44. The smallest absolute Gasteiger partial charge is 0.0746 e. The Bertz CT molecular complexity index is 994. The number of piperazine rings is 1. The second-order valence-electron chi connectivity index (χ2n) is 8.53. The van der Waals surface area contributed by atoms with Gasteiger partial charge in [0.15, 0.2) is 0 Å². The zero-order chi connectivity index (χ0) is 20.3. The first-order chi connectivity index (χ1) is 14.8. The first-order valence-electron chi connectivity index (χ1n) is 11.1. The Morgan fingerprint density at radius 3 is 2.63 bits per heavy atom. The fourth-order valence-corrected chi connectivity index (χ4v) is 5.21. The van der Waals surface area contributed by atoms with Gasteiger partial charge in [0.2, 0.25) is 0 Å². The highest BCUT2D eigenvalue weighted by Gasteiger charge is 2.28. The fourth-order valence-electron chi connectivity index (χ4n) is 5.03. The summed E-state index contributed by atoms with van der Waals surface area (Å²) < 4.78 is 0. The van der Waals surface area contributed by atoms with Gasteiger partial charge in [0.25, 0.3) is 0 Å². The Hall–Kier alpha value is -2.14. The molecular formula is C25H29ClN4. The van der Waals surface area contributed by atoms with Gasteiger partial charge in [-0.1, -0.05) is 41.9 Å². The van der Waals surface area contributed by atoms with E-state index in [-0.39, 0.29) is 0 Å². The van der Waals surface area contributed by atoms with Crippen molar-refractivity contribution in [1.82, 2.24) is 14.8 Å². The van der Waals surface area contributed by atoms with Crippen molar-refractivity contribution in [2.45, 2.75) is 25.4 Å². The summed E-state index contributed by atoms with van der Waals surface area (Å²) in [5.41, 5.74) is 3.74. The van der Waals surface area contributed by atoms with E-state index in [4.69, 9.17) is 11.6 Å². The van der Waals surface area contributed by atoms with Gasteiger partial charge in [0.05, 0.1) is 5.52 Å². The van der Waals surface area contributed by atoms with Gasteiger partial charge in [-0.05, 0) is 49.2 Å². The number of fused-ring (bicyclic) bond motifs is 1. The molecule has 3 heterocycles. The molecule has 5 heteroatoms. The van der Waals surface area contributed by atoms with Gasteiger partial charge in [-0.2, -0.15) is 0 Å². The zero-order valence-corrected chi connectivity index (χ0v) is 18.1. The predicted molar refractivity (Wildman–Crippen MR) is 125 cm³/mol. The summed E-state index contributed by atoms with van der Waals surface area (Å²) in [6.45, 7) is 7.73. The summed E-state index contributed by atoms with van der Waals surface area (Å²) in [4.78, 5) is 12.4. The van der Waals surface area contributed by atoms with E-state index in [1.165, 1.54) is 36.0 Å². The number of para-hydroxylation sites is 1. The van der Waals surface area contributed by atoms with E-state index in [1.54, 1.807) is 0 Å². The van der Waals surface area contributed by atoms with Crippen LogP contribution in [0.4, 0.5) is 5.69 Å². The first-order valence-corrected chi connectivity index (χ1v) is 11.4. The first kappa shape index (κ1) is 19.8. The molecule has 0 amide bonds. The number of benzene rings is 2. The van der Waals surface area contributed by atoms with Crippen LogP contribution in [0.3, 0.4) is 0 Å². The summed E-state index contributed by atoms with van der Waals surface area (Å²) in [7, 11) is 0. The van der Waals surface area contributed by atoms with Gasteiger partial charge in [-0.15, -0.1) is 0 Å². The number of hydrogen-bond donors (Lipinski definition) is 0. The monoisotopic (exact) mass is 420 g/mol. The van der Waals surface area contributed by atoms with Crippen molar-refractivity contribution < 1.29 is 0 Å². The SMILES string of the molecule is Clc1cccc(N2CCN(C3CCCN(Cc4cccc5cccnc45)C3)CC2)c1. The number of pyridine rings is 1. The molecule has 1 aromatic heterocycles. The molecule has 2 aliphatic rings. The maximum atomic E-state index is 6.19. The minimum Gasteiger partial charge on any atom is -0.369 e. The van der Waals surface area contributed by atoms with Crippen LogP contribution < -0.4 is 4.90 Å². The van der Waals surface area contributed by atoms with Crippen molar-refractivity contribution >= 4 is 28.2 Å². The highest BCUT2D eigenvalue weighted by molar-refractivity contribution is 6.30. The number of hydrogen-bond acceptors (Lipinski definition) is 4. The van der Waals surface area contributed by atoms with E-state index in [1.807, 2.05) is 24.4 Å². The largest absolute Gasteiger partial charge is 0.369 e. The highest BCUT2D eigenvalue weighted by atomic mass is 35.5. The highest BCUT2D eigenvalue weighted by Crippen LogP contribution is 2.25. The zero-order valence-electron chi connectivity index (χ0n) is 17.4. The third-order valence-electron chi connectivity index (χ3n) is 6.59. The number of aromatic nitrogens is 1. The maximum absolute atomic E-state index is 6.19. The van der Waals surface area contributed by atoms with E-state index in [0.717, 1.165) is 49.8 Å². The van der Waals surface area contributed by atoms with Crippen LogP contribution in [0.5, 0.6) is 0 Å². The van der Waals surface area contributed by atoms with Crippen molar-refractivity contribution in [3.8, 4) is 0 Å². The number of halogens is 1. The lowest BCUT2D eigenvalue weighted by molar-refractivity contribution is 0.0890. The average Bonchev–Trinajstić information content (AvgIpc) is 2.80. The van der Waals surface area contributed by atoms with E-state index >= 15 is 0 Å². The van der Waals surface area contributed by atoms with Crippen LogP contribution >= 0.6 is 11.6 Å². The van der Waals surface area contributed by atoms with Crippen LogP contribution in [0, 0.1) is 0 Å². The second-order valence-corrected chi connectivity index (χ2v) is 8.96. The number of rotatable bonds is 4. The van der Waals surface area contributed by atoms with Gasteiger partial charge in [-0.3, -0.25) is 14.8 Å². The molecule has 0 saturated carbocycles. The summed E-state index contributed by atoms with van der Waals surface area (Å²) in [5.74, 6) is 0. The van der Waals surface area contributed by atoms with Gasteiger partial charge < -0.3 is 4.90 Å². The molecule has 30 heavy (non-hydrogen) atoms. The predicted octanol–water partition coefficient (Wildman–Crippen LogP) is 4.67. The molecule has 2 saturated heterocycles. The van der Waals surface area contributed by atoms with Crippen molar-refractivity contribution in [1.29, 1.82) is 0 Å². The molecule has 3 aromatic rings. The Kier molecular flexibility index (Phi) is 5.89. The van der Waals surface area contributed by atoms with Gasteiger partial charge in [0, 0.05) is 67.6 Å². The van der Waals surface area contributed by atoms with Gasteiger partial charge in [0.1, 0.15) is 0 Å². The van der Waals surface area contributed by atoms with Crippen LogP contribution in [0.2, 0.25) is 5.02 Å². The quantitative estimate of drug-likeness (QED) is 0.611. The minimum atomic E-state index is 0.656. The molecule has 156 valence electrons. The molecule has 4 nitrogen and oxygen atoms in total. The van der Waals surface area contributed by atoms with Crippen molar-refractivity contribution in [2.24, 2.45) is 0 Å². The topological polar surface area (TPSA) is 22.6 Å². The van der Waals surface area contributed by atoms with Crippen molar-refractivity contribution in [2.75, 3.05) is 44.2 Å². The van der Waals surface area contributed by atoms with Crippen LogP contribution in [-0.2, 0) is 6.54 Å². The molecule has 2 fully saturated rings. The number of anilines is 1. The summed E-state index contributed by atoms with van der Waals surface area (Å²) in [6, 6.07) is 19.6. The van der Waals surface area contributed by atoms with Gasteiger partial charge in [-0.25, -0.2) is 0 Å². The van der Waals surface area contributed by atoms with E-state index in [0.29, 0.717) is 6.04 Å². The molecule has 2 aliphatic heterocycles. The standard InChI is InChI=1S/C25H29ClN4/c26-22-8-2-9-23(17-22)29-13-15-30(16-14-29)24-10-4-12-28(19-24)18-21-6-1-5-20-7-3-11-27-25(20)21/h1-3,5-9,11,17,24H,4,10,12-16,18-19H2. The molecule has 0 aliphatic carbocycles. The molecule has 0 radical (unpaired) electrons. The molecular weight excluding hydrogens is 392 g/mol. The minimum absolute atomic E-state index is 0.656. The fraction of sp³-hybridized carbons (Fsp3) is 0.400. The van der Waals surface area contributed by atoms with E-state index in [9.17, 15) is 0 Å². The third-order valence-corrected chi connectivity index (χ3v) is 6.83. The summed E-state index contributed by atoms with van der Waals surface area (Å²) in [6.07, 6.45) is 4.49. The molecule has 0 N–H and O–H groups in total. The average molecular weight is 421 g/mol. The molecule has 1 atom stereocenters. The lowest BCUT2D eigenvalue weighted by atomic mass is 10.0. The number of nitrogens with zero attached hydrogens (tertiary/aromatic N) is 4. The van der Waals surface area contributed by atoms with E-state index in [2.05, 4.69) is 56.1 Å². The van der Waals surface area contributed by atoms with Gasteiger partial charge >= 0.3 is 0 Å². The summed E-state index contributed by atoms with van der Waals surface area (Å²) >= 11 is 6.19. The molecule has 0 bridgehead atoms. The third kappa shape index (κ3) is 4.31. The second kappa shape index (κ2) is 8.93. The van der Waals surface area contributed by atoms with Crippen LogP contribution in [-0.4, -0.2) is 60.1 Å². The van der Waals surface area contributed by atoms with Crippen LogP contribution in [0.25, 0.3) is 10.9 Å². The Morgan fingerprint density at radius 1 is 0.933 bits per heavy atom. The van der Waals surface area contributed by atoms with Crippen molar-refractivity contribution in [3.05, 3.63) is 71.4 Å². The molecule has 1 unspecified atom stereocenters. The van der Waals surface area contributed by atoms with Crippen molar-refractivity contribution in [3.63, 3.8) is 0 Å². The molecule has 0 spiro atoms.